The third kappa shape index (κ3) is 4.19. The van der Waals surface area contributed by atoms with Crippen LogP contribution in [-0.4, -0.2) is 30.2 Å². The fourth-order valence-corrected chi connectivity index (χ4v) is 3.51. The molecule has 3 rings (SSSR count). The van der Waals surface area contributed by atoms with Crippen molar-refractivity contribution < 1.29 is 14.3 Å². The Morgan fingerprint density at radius 2 is 2.12 bits per heavy atom. The molecular weight excluding hydrogens is 387 g/mol. The maximum atomic E-state index is 13.3. The Morgan fingerprint density at radius 3 is 2.88 bits per heavy atom. The minimum Gasteiger partial charge on any atom is -0.394 e. The number of amides is 1. The van der Waals surface area contributed by atoms with Gasteiger partial charge >= 0.3 is 0 Å². The summed E-state index contributed by atoms with van der Waals surface area (Å²) >= 11 is 3.11. The molecule has 2 aromatic rings. The van der Waals surface area contributed by atoms with Crippen molar-refractivity contribution in [3.8, 4) is 0 Å². The number of nitrogens with zero attached hydrogens (tertiary/aromatic N) is 1. The molecule has 1 atom stereocenters. The maximum absolute atomic E-state index is 13.3. The van der Waals surface area contributed by atoms with E-state index in [1.165, 1.54) is 18.2 Å². The first-order valence-corrected chi connectivity index (χ1v) is 9.12. The molecule has 1 aliphatic heterocycles. The summed E-state index contributed by atoms with van der Waals surface area (Å²) in [6.45, 7) is 0.987. The van der Waals surface area contributed by atoms with Crippen LogP contribution in [0.3, 0.4) is 0 Å². The Kier molecular flexibility index (Phi) is 5.71. The number of anilines is 2. The molecular formula is C19H20BrFN2O2. The van der Waals surface area contributed by atoms with Crippen molar-refractivity contribution in [3.63, 3.8) is 0 Å². The Hall–Kier alpha value is -1.92. The molecule has 0 saturated carbocycles. The standard InChI is InChI=1S/C19H20BrFN2O2/c20-17-11-14(7-8-18(17)21)22-19(25)13-4-3-6-15(10-13)23-9-2-1-5-16(23)12-24/h3-4,6-8,10-11,16,24H,1-2,5,9,12H2,(H,22,25). The van der Waals surface area contributed by atoms with E-state index in [-0.39, 0.29) is 24.4 Å². The highest BCUT2D eigenvalue weighted by Crippen LogP contribution is 2.26. The highest BCUT2D eigenvalue weighted by Gasteiger charge is 2.22. The summed E-state index contributed by atoms with van der Waals surface area (Å²) < 4.78 is 13.6. The van der Waals surface area contributed by atoms with Gasteiger partial charge in [0, 0.05) is 23.5 Å². The van der Waals surface area contributed by atoms with E-state index in [2.05, 4.69) is 26.1 Å². The summed E-state index contributed by atoms with van der Waals surface area (Å²) in [4.78, 5) is 14.7. The Balaban J connectivity index is 1.78. The second-order valence-electron chi connectivity index (χ2n) is 6.16. The minimum atomic E-state index is -0.375. The molecule has 2 aromatic carbocycles. The van der Waals surface area contributed by atoms with Gasteiger partial charge in [-0.05, 0) is 71.6 Å². The van der Waals surface area contributed by atoms with Crippen LogP contribution in [0.2, 0.25) is 0 Å². The number of piperidine rings is 1. The molecule has 1 unspecified atom stereocenters. The fourth-order valence-electron chi connectivity index (χ4n) is 3.13. The molecule has 1 fully saturated rings. The van der Waals surface area contributed by atoms with Gasteiger partial charge in [0.15, 0.2) is 0 Å². The summed E-state index contributed by atoms with van der Waals surface area (Å²) in [6.07, 6.45) is 3.15. The van der Waals surface area contributed by atoms with Gasteiger partial charge in [-0.1, -0.05) is 6.07 Å². The highest BCUT2D eigenvalue weighted by atomic mass is 79.9. The van der Waals surface area contributed by atoms with Gasteiger partial charge in [0.2, 0.25) is 0 Å². The second-order valence-corrected chi connectivity index (χ2v) is 7.01. The van der Waals surface area contributed by atoms with E-state index in [1.54, 1.807) is 6.07 Å². The van der Waals surface area contributed by atoms with Crippen LogP contribution in [0.4, 0.5) is 15.8 Å². The molecule has 1 amide bonds. The largest absolute Gasteiger partial charge is 0.394 e. The van der Waals surface area contributed by atoms with Gasteiger partial charge in [0.05, 0.1) is 17.1 Å². The Labute approximate surface area is 154 Å². The van der Waals surface area contributed by atoms with Gasteiger partial charge in [-0.3, -0.25) is 4.79 Å². The van der Waals surface area contributed by atoms with Gasteiger partial charge in [-0.2, -0.15) is 0 Å². The fraction of sp³-hybridized carbons (Fsp3) is 0.316. The van der Waals surface area contributed by atoms with Crippen LogP contribution in [0.1, 0.15) is 29.6 Å². The summed E-state index contributed by atoms with van der Waals surface area (Å²) in [5, 5.41) is 12.4. The number of aliphatic hydroxyl groups is 1. The Bertz CT molecular complexity index is 769. The molecule has 1 aliphatic rings. The lowest BCUT2D eigenvalue weighted by molar-refractivity contribution is 0.102. The summed E-state index contributed by atoms with van der Waals surface area (Å²) in [7, 11) is 0. The molecule has 2 N–H and O–H groups in total. The number of carbonyl (C=O) groups excluding carboxylic acids is 1. The van der Waals surface area contributed by atoms with E-state index in [0.717, 1.165) is 31.5 Å². The molecule has 1 saturated heterocycles. The molecule has 0 radical (unpaired) electrons. The van der Waals surface area contributed by atoms with E-state index in [4.69, 9.17) is 0 Å². The van der Waals surface area contributed by atoms with E-state index < -0.39 is 0 Å². The van der Waals surface area contributed by atoms with E-state index in [1.807, 2.05) is 18.2 Å². The van der Waals surface area contributed by atoms with Crippen LogP contribution < -0.4 is 10.2 Å². The molecule has 0 spiro atoms. The van der Waals surface area contributed by atoms with Crippen molar-refractivity contribution in [2.75, 3.05) is 23.4 Å². The average molecular weight is 407 g/mol. The van der Waals surface area contributed by atoms with Crippen molar-refractivity contribution in [1.29, 1.82) is 0 Å². The first-order valence-electron chi connectivity index (χ1n) is 8.32. The molecule has 6 heteroatoms. The summed E-state index contributed by atoms with van der Waals surface area (Å²) in [6, 6.07) is 11.8. The average Bonchev–Trinajstić information content (AvgIpc) is 2.64. The van der Waals surface area contributed by atoms with Gasteiger partial charge in [0.1, 0.15) is 5.82 Å². The van der Waals surface area contributed by atoms with Crippen molar-refractivity contribution in [3.05, 3.63) is 58.3 Å². The van der Waals surface area contributed by atoms with Crippen molar-refractivity contribution >= 4 is 33.2 Å². The predicted octanol–water partition coefficient (Wildman–Crippen LogP) is 4.19. The number of rotatable bonds is 4. The highest BCUT2D eigenvalue weighted by molar-refractivity contribution is 9.10. The topological polar surface area (TPSA) is 52.6 Å². The summed E-state index contributed by atoms with van der Waals surface area (Å²) in [5.41, 5.74) is 1.99. The number of nitrogens with one attached hydrogen (secondary N) is 1. The van der Waals surface area contributed by atoms with Crippen molar-refractivity contribution in [1.82, 2.24) is 0 Å². The third-order valence-corrected chi connectivity index (χ3v) is 5.06. The number of carbonyl (C=O) groups is 1. The molecule has 0 aliphatic carbocycles. The van der Waals surface area contributed by atoms with Crippen LogP contribution in [0.25, 0.3) is 0 Å². The van der Waals surface area contributed by atoms with Crippen molar-refractivity contribution in [2.24, 2.45) is 0 Å². The predicted molar refractivity (Wildman–Crippen MR) is 101 cm³/mol. The van der Waals surface area contributed by atoms with Crippen LogP contribution in [0.15, 0.2) is 46.9 Å². The second kappa shape index (κ2) is 7.97. The third-order valence-electron chi connectivity index (χ3n) is 4.46. The summed E-state index contributed by atoms with van der Waals surface area (Å²) in [5.74, 6) is -0.627. The quantitative estimate of drug-likeness (QED) is 0.799. The number of halogens is 2. The molecule has 25 heavy (non-hydrogen) atoms. The van der Waals surface area contributed by atoms with E-state index in [0.29, 0.717) is 15.7 Å². The van der Waals surface area contributed by atoms with Gasteiger partial charge < -0.3 is 15.3 Å². The minimum absolute atomic E-state index is 0.0973. The number of hydrogen-bond donors (Lipinski definition) is 2. The first-order chi connectivity index (χ1) is 12.1. The molecule has 1 heterocycles. The normalized spacial score (nSPS) is 17.4. The van der Waals surface area contributed by atoms with Crippen LogP contribution in [-0.2, 0) is 0 Å². The maximum Gasteiger partial charge on any atom is 0.255 e. The zero-order chi connectivity index (χ0) is 17.8. The molecule has 132 valence electrons. The smallest absolute Gasteiger partial charge is 0.255 e. The zero-order valence-corrected chi connectivity index (χ0v) is 15.3. The number of benzene rings is 2. The molecule has 4 nitrogen and oxygen atoms in total. The van der Waals surface area contributed by atoms with Crippen molar-refractivity contribution in [2.45, 2.75) is 25.3 Å². The molecule has 0 bridgehead atoms. The van der Waals surface area contributed by atoms with Gasteiger partial charge in [-0.25, -0.2) is 4.39 Å². The molecule has 0 aromatic heterocycles. The lowest BCUT2D eigenvalue weighted by atomic mass is 10.0. The van der Waals surface area contributed by atoms with Gasteiger partial charge in [0.25, 0.3) is 5.91 Å². The van der Waals surface area contributed by atoms with Crippen LogP contribution in [0.5, 0.6) is 0 Å². The van der Waals surface area contributed by atoms with Gasteiger partial charge in [-0.15, -0.1) is 0 Å². The lowest BCUT2D eigenvalue weighted by Gasteiger charge is -2.36. The van der Waals surface area contributed by atoms with E-state index >= 15 is 0 Å². The van der Waals surface area contributed by atoms with Crippen LogP contribution >= 0.6 is 15.9 Å². The first kappa shape index (κ1) is 17.9. The van der Waals surface area contributed by atoms with E-state index in [9.17, 15) is 14.3 Å². The van der Waals surface area contributed by atoms with Crippen LogP contribution in [0, 0.1) is 5.82 Å². The SMILES string of the molecule is O=C(Nc1ccc(F)c(Br)c1)c1cccc(N2CCCCC2CO)c1. The number of aliphatic hydroxyl groups excluding tert-OH is 1. The zero-order valence-electron chi connectivity index (χ0n) is 13.7. The lowest BCUT2D eigenvalue weighted by Crippen LogP contribution is -2.42. The monoisotopic (exact) mass is 406 g/mol. The number of hydrogen-bond acceptors (Lipinski definition) is 3. The Morgan fingerprint density at radius 1 is 1.28 bits per heavy atom.